The van der Waals surface area contributed by atoms with Gasteiger partial charge in [0.15, 0.2) is 6.10 Å². The molecule has 0 spiro atoms. The number of rotatable bonds is 6. The molecule has 0 saturated carbocycles. The summed E-state index contributed by atoms with van der Waals surface area (Å²) in [6.45, 7) is 6.60. The summed E-state index contributed by atoms with van der Waals surface area (Å²) in [6.07, 6.45) is 0.192. The fraction of sp³-hybridized carbons (Fsp3) is 0.353. The lowest BCUT2D eigenvalue weighted by Gasteiger charge is -2.17. The summed E-state index contributed by atoms with van der Waals surface area (Å²) in [5, 5.41) is 2.94. The van der Waals surface area contributed by atoms with Crippen molar-refractivity contribution in [2.45, 2.75) is 39.8 Å². The summed E-state index contributed by atoms with van der Waals surface area (Å²) in [4.78, 5) is 14.6. The van der Waals surface area contributed by atoms with Crippen LogP contribution in [0.5, 0.6) is 5.75 Å². The molecule has 1 amide bonds. The van der Waals surface area contributed by atoms with E-state index in [0.29, 0.717) is 13.0 Å². The van der Waals surface area contributed by atoms with Crippen LogP contribution in [-0.2, 0) is 11.3 Å². The van der Waals surface area contributed by atoms with E-state index in [1.807, 2.05) is 44.2 Å². The van der Waals surface area contributed by atoms with Gasteiger partial charge in [-0.05, 0) is 44.5 Å². The van der Waals surface area contributed by atoms with Gasteiger partial charge in [0.25, 0.3) is 5.91 Å². The van der Waals surface area contributed by atoms with Gasteiger partial charge in [0.2, 0.25) is 0 Å². The number of amides is 1. The van der Waals surface area contributed by atoms with Crippen LogP contribution < -0.4 is 10.1 Å². The summed E-state index contributed by atoms with van der Waals surface area (Å²) in [5.74, 6) is 0.665. The Hall–Kier alpha value is -1.81. The molecule has 2 aromatic rings. The third-order valence-electron chi connectivity index (χ3n) is 3.20. The second-order valence-electron chi connectivity index (χ2n) is 5.06. The van der Waals surface area contributed by atoms with Gasteiger partial charge in [0.05, 0.1) is 6.54 Å². The Kier molecular flexibility index (Phi) is 5.39. The van der Waals surface area contributed by atoms with Crippen molar-refractivity contribution in [2.75, 3.05) is 0 Å². The quantitative estimate of drug-likeness (QED) is 0.880. The zero-order chi connectivity index (χ0) is 15.2. The van der Waals surface area contributed by atoms with Gasteiger partial charge in [0, 0.05) is 9.75 Å². The Morgan fingerprint density at radius 3 is 2.48 bits per heavy atom. The van der Waals surface area contributed by atoms with Crippen LogP contribution in [0.3, 0.4) is 0 Å². The molecule has 0 saturated heterocycles. The number of hydrogen-bond acceptors (Lipinski definition) is 3. The van der Waals surface area contributed by atoms with E-state index in [4.69, 9.17) is 4.74 Å². The van der Waals surface area contributed by atoms with Crippen LogP contribution in [0.2, 0.25) is 0 Å². The number of benzene rings is 1. The van der Waals surface area contributed by atoms with Crippen LogP contribution >= 0.6 is 11.3 Å². The zero-order valence-electron chi connectivity index (χ0n) is 12.7. The lowest BCUT2D eigenvalue weighted by molar-refractivity contribution is -0.128. The Morgan fingerprint density at radius 1 is 1.19 bits per heavy atom. The maximum atomic E-state index is 12.2. The molecule has 1 aromatic carbocycles. The molecule has 0 aliphatic heterocycles. The van der Waals surface area contributed by atoms with E-state index < -0.39 is 6.10 Å². The third kappa shape index (κ3) is 4.60. The monoisotopic (exact) mass is 303 g/mol. The topological polar surface area (TPSA) is 38.3 Å². The first-order chi connectivity index (χ1) is 10.1. The van der Waals surface area contributed by atoms with Gasteiger partial charge < -0.3 is 10.1 Å². The van der Waals surface area contributed by atoms with E-state index in [1.54, 1.807) is 11.3 Å². The summed E-state index contributed by atoms with van der Waals surface area (Å²) in [5.41, 5.74) is 1.17. The largest absolute Gasteiger partial charge is 0.481 e. The summed E-state index contributed by atoms with van der Waals surface area (Å²) in [7, 11) is 0. The van der Waals surface area contributed by atoms with Crippen LogP contribution in [0.25, 0.3) is 0 Å². The Balaban J connectivity index is 1.90. The van der Waals surface area contributed by atoms with Gasteiger partial charge in [-0.3, -0.25) is 4.79 Å². The van der Waals surface area contributed by atoms with Crippen LogP contribution in [0, 0.1) is 13.8 Å². The van der Waals surface area contributed by atoms with E-state index >= 15 is 0 Å². The number of hydrogen-bond donors (Lipinski definition) is 1. The molecule has 1 heterocycles. The van der Waals surface area contributed by atoms with Crippen molar-refractivity contribution in [3.05, 3.63) is 51.7 Å². The smallest absolute Gasteiger partial charge is 0.261 e. The summed E-state index contributed by atoms with van der Waals surface area (Å²) in [6, 6.07) is 11.9. The Bertz CT molecular complexity index is 589. The Labute approximate surface area is 130 Å². The van der Waals surface area contributed by atoms with Crippen LogP contribution in [0.4, 0.5) is 0 Å². The standard InChI is InChI=1S/C17H21NO2S/c1-4-16(20-14-8-5-12(2)6-9-14)17(19)18-11-15-10-7-13(3)21-15/h5-10,16H,4,11H2,1-3H3,(H,18,19). The molecule has 1 atom stereocenters. The van der Waals surface area contributed by atoms with Gasteiger partial charge in [-0.1, -0.05) is 24.6 Å². The van der Waals surface area contributed by atoms with Crippen molar-refractivity contribution in [2.24, 2.45) is 0 Å². The molecule has 1 unspecified atom stereocenters. The van der Waals surface area contributed by atoms with Crippen LogP contribution in [-0.4, -0.2) is 12.0 Å². The minimum absolute atomic E-state index is 0.0656. The molecule has 1 aromatic heterocycles. The number of ether oxygens (including phenoxy) is 1. The van der Waals surface area contributed by atoms with Crippen molar-refractivity contribution >= 4 is 17.2 Å². The first kappa shape index (κ1) is 15.6. The fourth-order valence-corrected chi connectivity index (χ4v) is 2.80. The molecule has 2 rings (SSSR count). The average Bonchev–Trinajstić information content (AvgIpc) is 2.90. The molecular weight excluding hydrogens is 282 g/mol. The molecule has 4 heteroatoms. The zero-order valence-corrected chi connectivity index (χ0v) is 13.5. The van der Waals surface area contributed by atoms with Gasteiger partial charge >= 0.3 is 0 Å². The van der Waals surface area contributed by atoms with E-state index in [-0.39, 0.29) is 5.91 Å². The highest BCUT2D eigenvalue weighted by Gasteiger charge is 2.18. The van der Waals surface area contributed by atoms with Gasteiger partial charge in [-0.15, -0.1) is 11.3 Å². The van der Waals surface area contributed by atoms with Crippen molar-refractivity contribution in [3.63, 3.8) is 0 Å². The van der Waals surface area contributed by atoms with Crippen molar-refractivity contribution in [3.8, 4) is 5.75 Å². The second kappa shape index (κ2) is 7.27. The number of nitrogens with one attached hydrogen (secondary N) is 1. The molecule has 21 heavy (non-hydrogen) atoms. The highest BCUT2D eigenvalue weighted by molar-refractivity contribution is 7.11. The number of carbonyl (C=O) groups excluding carboxylic acids is 1. The molecular formula is C17H21NO2S. The predicted octanol–water partition coefficient (Wildman–Crippen LogP) is 3.84. The first-order valence-electron chi connectivity index (χ1n) is 7.15. The molecule has 0 fully saturated rings. The van der Waals surface area contributed by atoms with E-state index in [9.17, 15) is 4.79 Å². The van der Waals surface area contributed by atoms with Gasteiger partial charge in [-0.2, -0.15) is 0 Å². The van der Waals surface area contributed by atoms with Gasteiger partial charge in [-0.25, -0.2) is 0 Å². The van der Waals surface area contributed by atoms with E-state index in [2.05, 4.69) is 18.3 Å². The molecule has 0 aliphatic rings. The molecule has 1 N–H and O–H groups in total. The minimum atomic E-state index is -0.450. The SMILES string of the molecule is CCC(Oc1ccc(C)cc1)C(=O)NCc1ccc(C)s1. The fourth-order valence-electron chi connectivity index (χ4n) is 1.97. The number of carbonyl (C=O) groups is 1. The average molecular weight is 303 g/mol. The third-order valence-corrected chi connectivity index (χ3v) is 4.20. The number of aryl methyl sites for hydroxylation is 2. The first-order valence-corrected chi connectivity index (χ1v) is 7.96. The van der Waals surface area contributed by atoms with Crippen LogP contribution in [0.15, 0.2) is 36.4 Å². The normalized spacial score (nSPS) is 12.0. The highest BCUT2D eigenvalue weighted by atomic mass is 32.1. The van der Waals surface area contributed by atoms with Crippen LogP contribution in [0.1, 0.15) is 28.7 Å². The summed E-state index contributed by atoms with van der Waals surface area (Å²) >= 11 is 1.70. The van der Waals surface area contributed by atoms with E-state index in [1.165, 1.54) is 10.4 Å². The second-order valence-corrected chi connectivity index (χ2v) is 6.43. The van der Waals surface area contributed by atoms with Crippen molar-refractivity contribution in [1.29, 1.82) is 0 Å². The molecule has 112 valence electrons. The molecule has 0 radical (unpaired) electrons. The lowest BCUT2D eigenvalue weighted by atomic mass is 10.2. The minimum Gasteiger partial charge on any atom is -0.481 e. The maximum Gasteiger partial charge on any atom is 0.261 e. The summed E-state index contributed by atoms with van der Waals surface area (Å²) < 4.78 is 5.77. The van der Waals surface area contributed by atoms with E-state index in [0.717, 1.165) is 10.6 Å². The van der Waals surface area contributed by atoms with Crippen molar-refractivity contribution in [1.82, 2.24) is 5.32 Å². The van der Waals surface area contributed by atoms with Gasteiger partial charge in [0.1, 0.15) is 5.75 Å². The Morgan fingerprint density at radius 2 is 1.90 bits per heavy atom. The molecule has 0 aliphatic carbocycles. The predicted molar refractivity (Wildman–Crippen MR) is 86.8 cm³/mol. The molecule has 3 nitrogen and oxygen atoms in total. The number of thiophene rings is 1. The maximum absolute atomic E-state index is 12.2. The molecule has 0 bridgehead atoms. The van der Waals surface area contributed by atoms with Crippen molar-refractivity contribution < 1.29 is 9.53 Å². The highest BCUT2D eigenvalue weighted by Crippen LogP contribution is 2.16. The lowest BCUT2D eigenvalue weighted by Crippen LogP contribution is -2.37.